The monoisotopic (exact) mass is 283 g/mol. The summed E-state index contributed by atoms with van der Waals surface area (Å²) >= 11 is 0. The lowest BCUT2D eigenvalue weighted by Crippen LogP contribution is -2.29. The quantitative estimate of drug-likeness (QED) is 0.794. The molecule has 2 rings (SSSR count). The van der Waals surface area contributed by atoms with E-state index in [-0.39, 0.29) is 5.41 Å². The molecule has 2 aromatic rings. The molecule has 2 aromatic carbocycles. The van der Waals surface area contributed by atoms with Crippen molar-refractivity contribution in [3.63, 3.8) is 0 Å². The summed E-state index contributed by atoms with van der Waals surface area (Å²) in [6.45, 7) is 9.80. The van der Waals surface area contributed by atoms with Crippen LogP contribution in [0.2, 0.25) is 0 Å². The van der Waals surface area contributed by atoms with Gasteiger partial charge >= 0.3 is 0 Å². The summed E-state index contributed by atoms with van der Waals surface area (Å²) in [6, 6.07) is 14.8. The summed E-state index contributed by atoms with van der Waals surface area (Å²) in [5, 5.41) is 2.50. The number of hydrogen-bond acceptors (Lipinski definition) is 2. The molecule has 0 fully saturated rings. The Balaban J connectivity index is 2.22. The van der Waals surface area contributed by atoms with Gasteiger partial charge in [0.15, 0.2) is 0 Å². The molecule has 2 nitrogen and oxygen atoms in total. The number of nitrogens with zero attached hydrogens (tertiary/aromatic N) is 1. The van der Waals surface area contributed by atoms with E-state index in [0.29, 0.717) is 12.2 Å². The number of hydrogen-bond donors (Lipinski definition) is 0. The van der Waals surface area contributed by atoms with Crippen LogP contribution in [0.25, 0.3) is 10.8 Å². The zero-order chi connectivity index (χ0) is 15.5. The second kappa shape index (κ2) is 6.30. The third-order valence-electron chi connectivity index (χ3n) is 3.93. The van der Waals surface area contributed by atoms with Gasteiger partial charge in [-0.05, 0) is 18.4 Å². The maximum atomic E-state index is 12.2. The molecule has 0 aromatic heterocycles. The Bertz CT molecular complexity index is 619. The minimum atomic E-state index is -0.252. The van der Waals surface area contributed by atoms with Crippen molar-refractivity contribution in [2.45, 2.75) is 34.1 Å². The first kappa shape index (κ1) is 15.6. The summed E-state index contributed by atoms with van der Waals surface area (Å²) in [6.07, 6.45) is 0.598. The molecule has 0 unspecified atom stereocenters. The van der Waals surface area contributed by atoms with Crippen LogP contribution >= 0.6 is 0 Å². The second-order valence-electron chi connectivity index (χ2n) is 6.50. The second-order valence-corrected chi connectivity index (χ2v) is 6.50. The first-order valence-electron chi connectivity index (χ1n) is 7.69. The highest BCUT2D eigenvalue weighted by Crippen LogP contribution is 2.27. The van der Waals surface area contributed by atoms with Gasteiger partial charge in [0.2, 0.25) is 0 Å². The molecular weight excluding hydrogens is 258 g/mol. The molecule has 0 saturated carbocycles. The van der Waals surface area contributed by atoms with Crippen molar-refractivity contribution in [3.05, 3.63) is 42.5 Å². The molecule has 2 heteroatoms. The average Bonchev–Trinajstić information content (AvgIpc) is 2.46. The Hall–Kier alpha value is -1.83. The molecule has 0 aliphatic heterocycles. The van der Waals surface area contributed by atoms with Gasteiger partial charge in [0.05, 0.1) is 0 Å². The Labute approximate surface area is 127 Å². The molecule has 0 bridgehead atoms. The molecule has 0 aliphatic rings. The Morgan fingerprint density at radius 2 is 1.71 bits per heavy atom. The third kappa shape index (κ3) is 3.63. The van der Waals surface area contributed by atoms with Crippen LogP contribution in [0.1, 0.15) is 34.1 Å². The lowest BCUT2D eigenvalue weighted by molar-refractivity contribution is -0.126. The summed E-state index contributed by atoms with van der Waals surface area (Å²) in [5.74, 6) is 0.321. The standard InChI is InChI=1S/C19H25NO/c1-5-20(14-13-18(21)19(2,3)4)17-12-8-10-15-9-6-7-11-16(15)17/h6-12H,5,13-14H2,1-4H3. The number of anilines is 1. The number of ketones is 1. The fourth-order valence-corrected chi connectivity index (χ4v) is 2.54. The van der Waals surface area contributed by atoms with E-state index >= 15 is 0 Å². The molecule has 0 spiro atoms. The van der Waals surface area contributed by atoms with E-state index in [2.05, 4.69) is 54.3 Å². The number of carbonyl (C=O) groups excluding carboxylic acids is 1. The number of Topliss-reactive ketones (excluding diaryl/α,β-unsaturated/α-hetero) is 1. The maximum absolute atomic E-state index is 12.2. The SMILES string of the molecule is CCN(CCC(=O)C(C)(C)C)c1cccc2ccccc12. The number of fused-ring (bicyclic) bond motifs is 1. The lowest BCUT2D eigenvalue weighted by atomic mass is 9.89. The van der Waals surface area contributed by atoms with Gasteiger partial charge in [0, 0.05) is 36.0 Å². The normalized spacial score (nSPS) is 11.6. The minimum Gasteiger partial charge on any atom is -0.371 e. The van der Waals surface area contributed by atoms with E-state index in [1.165, 1.54) is 16.5 Å². The van der Waals surface area contributed by atoms with Gasteiger partial charge in [0.25, 0.3) is 0 Å². The van der Waals surface area contributed by atoms with Crippen LogP contribution in [-0.2, 0) is 4.79 Å². The number of benzene rings is 2. The highest BCUT2D eigenvalue weighted by molar-refractivity contribution is 5.94. The lowest BCUT2D eigenvalue weighted by Gasteiger charge is -2.26. The largest absolute Gasteiger partial charge is 0.371 e. The van der Waals surface area contributed by atoms with Gasteiger partial charge < -0.3 is 4.90 Å². The summed E-state index contributed by atoms with van der Waals surface area (Å²) in [4.78, 5) is 14.5. The smallest absolute Gasteiger partial charge is 0.139 e. The zero-order valence-electron chi connectivity index (χ0n) is 13.5. The van der Waals surface area contributed by atoms with Crippen LogP contribution in [0.3, 0.4) is 0 Å². The van der Waals surface area contributed by atoms with E-state index < -0.39 is 0 Å². The van der Waals surface area contributed by atoms with Gasteiger partial charge in [-0.1, -0.05) is 57.2 Å². The van der Waals surface area contributed by atoms with E-state index in [1.54, 1.807) is 0 Å². The highest BCUT2D eigenvalue weighted by Gasteiger charge is 2.21. The fraction of sp³-hybridized carbons (Fsp3) is 0.421. The Morgan fingerprint density at radius 1 is 1.05 bits per heavy atom. The maximum Gasteiger partial charge on any atom is 0.139 e. The average molecular weight is 283 g/mol. The third-order valence-corrected chi connectivity index (χ3v) is 3.93. The van der Waals surface area contributed by atoms with Crippen LogP contribution in [0, 0.1) is 5.41 Å². The van der Waals surface area contributed by atoms with E-state index in [9.17, 15) is 4.79 Å². The summed E-state index contributed by atoms with van der Waals surface area (Å²) in [5.41, 5.74) is 0.968. The van der Waals surface area contributed by atoms with Crippen molar-refractivity contribution >= 4 is 22.2 Å². The molecule has 0 radical (unpaired) electrons. The Kier molecular flexibility index (Phi) is 4.66. The van der Waals surface area contributed by atoms with Crippen molar-refractivity contribution < 1.29 is 4.79 Å². The van der Waals surface area contributed by atoms with Crippen LogP contribution in [-0.4, -0.2) is 18.9 Å². The van der Waals surface area contributed by atoms with Crippen LogP contribution in [0.5, 0.6) is 0 Å². The Morgan fingerprint density at radius 3 is 2.38 bits per heavy atom. The van der Waals surface area contributed by atoms with Crippen LogP contribution in [0.15, 0.2) is 42.5 Å². The highest BCUT2D eigenvalue weighted by atomic mass is 16.1. The molecule has 0 heterocycles. The molecule has 0 amide bonds. The molecule has 0 aliphatic carbocycles. The molecule has 0 atom stereocenters. The topological polar surface area (TPSA) is 20.3 Å². The first-order valence-corrected chi connectivity index (χ1v) is 7.69. The molecule has 0 N–H and O–H groups in total. The summed E-state index contributed by atoms with van der Waals surface area (Å²) < 4.78 is 0. The van der Waals surface area contributed by atoms with Crippen molar-refractivity contribution in [3.8, 4) is 0 Å². The predicted molar refractivity (Wildman–Crippen MR) is 90.9 cm³/mol. The van der Waals surface area contributed by atoms with E-state index in [1.807, 2.05) is 20.8 Å². The van der Waals surface area contributed by atoms with Crippen LogP contribution < -0.4 is 4.90 Å². The van der Waals surface area contributed by atoms with Gasteiger partial charge in [-0.3, -0.25) is 4.79 Å². The van der Waals surface area contributed by atoms with Gasteiger partial charge in [0.1, 0.15) is 5.78 Å². The van der Waals surface area contributed by atoms with E-state index in [4.69, 9.17) is 0 Å². The van der Waals surface area contributed by atoms with E-state index in [0.717, 1.165) is 13.1 Å². The number of rotatable bonds is 5. The van der Waals surface area contributed by atoms with Crippen molar-refractivity contribution in [1.29, 1.82) is 0 Å². The van der Waals surface area contributed by atoms with Crippen molar-refractivity contribution in [1.82, 2.24) is 0 Å². The molecule has 21 heavy (non-hydrogen) atoms. The zero-order valence-corrected chi connectivity index (χ0v) is 13.5. The van der Waals surface area contributed by atoms with Gasteiger partial charge in [-0.2, -0.15) is 0 Å². The summed E-state index contributed by atoms with van der Waals surface area (Å²) in [7, 11) is 0. The minimum absolute atomic E-state index is 0.252. The number of carbonyl (C=O) groups is 1. The predicted octanol–water partition coefficient (Wildman–Crippen LogP) is 4.67. The first-order chi connectivity index (χ1) is 9.93. The fourth-order valence-electron chi connectivity index (χ4n) is 2.54. The van der Waals surface area contributed by atoms with Gasteiger partial charge in [-0.15, -0.1) is 0 Å². The van der Waals surface area contributed by atoms with Crippen LogP contribution in [0.4, 0.5) is 5.69 Å². The molecule has 112 valence electrons. The molecule has 0 saturated heterocycles. The van der Waals surface area contributed by atoms with Crippen molar-refractivity contribution in [2.75, 3.05) is 18.0 Å². The van der Waals surface area contributed by atoms with Gasteiger partial charge in [-0.25, -0.2) is 0 Å². The molecular formula is C19H25NO. The van der Waals surface area contributed by atoms with Crippen molar-refractivity contribution in [2.24, 2.45) is 5.41 Å².